The molecule has 0 aliphatic heterocycles. The number of carbonyl (C=O) groups is 1. The number of hydrogen-bond acceptors (Lipinski definition) is 3. The van der Waals surface area contributed by atoms with E-state index in [0.717, 1.165) is 25.0 Å². The lowest BCUT2D eigenvalue weighted by Crippen LogP contribution is -2.22. The summed E-state index contributed by atoms with van der Waals surface area (Å²) in [5, 5.41) is 9.69. The molecule has 0 aromatic carbocycles. The van der Waals surface area contributed by atoms with Crippen LogP contribution in [0.1, 0.15) is 39.5 Å². The van der Waals surface area contributed by atoms with Crippen molar-refractivity contribution in [1.82, 2.24) is 0 Å². The maximum absolute atomic E-state index is 11.7. The molecule has 0 spiro atoms. The molecule has 1 aliphatic carbocycles. The van der Waals surface area contributed by atoms with Crippen LogP contribution in [0.15, 0.2) is 11.8 Å². The van der Waals surface area contributed by atoms with Crippen molar-refractivity contribution in [2.24, 2.45) is 11.8 Å². The fraction of sp³-hybridized carbons (Fsp3) is 0.769. The van der Waals surface area contributed by atoms with Gasteiger partial charge in [0.25, 0.3) is 0 Å². The second-order valence-corrected chi connectivity index (χ2v) is 4.84. The topological polar surface area (TPSA) is 46.5 Å². The van der Waals surface area contributed by atoms with Gasteiger partial charge in [-0.15, -0.1) is 0 Å². The van der Waals surface area contributed by atoms with E-state index in [1.54, 1.807) is 13.2 Å². The molecule has 0 saturated heterocycles. The number of hydrogen-bond donors (Lipinski definition) is 1. The van der Waals surface area contributed by atoms with Gasteiger partial charge in [-0.3, -0.25) is 4.79 Å². The van der Waals surface area contributed by atoms with Gasteiger partial charge in [-0.2, -0.15) is 0 Å². The highest BCUT2D eigenvalue weighted by molar-refractivity contribution is 5.92. The van der Waals surface area contributed by atoms with Gasteiger partial charge in [0.15, 0.2) is 5.78 Å². The lowest BCUT2D eigenvalue weighted by atomic mass is 9.86. The van der Waals surface area contributed by atoms with E-state index in [-0.39, 0.29) is 23.7 Å². The summed E-state index contributed by atoms with van der Waals surface area (Å²) < 4.78 is 5.06. The first kappa shape index (κ1) is 13.2. The highest BCUT2D eigenvalue weighted by Crippen LogP contribution is 2.26. The molecule has 0 aromatic rings. The number of aliphatic hydroxyl groups is 1. The number of methoxy groups -OCH3 is 1. The number of carbonyl (C=O) groups excluding carboxylic acids is 1. The van der Waals surface area contributed by atoms with Gasteiger partial charge in [0.2, 0.25) is 0 Å². The molecule has 3 heteroatoms. The summed E-state index contributed by atoms with van der Waals surface area (Å²) in [4.78, 5) is 11.7. The zero-order valence-corrected chi connectivity index (χ0v) is 10.4. The Balaban J connectivity index is 2.40. The SMILES string of the molecule is COC1=CC(=O)C(CCC(O)C(C)C)CC1. The van der Waals surface area contributed by atoms with Crippen molar-refractivity contribution < 1.29 is 14.6 Å². The zero-order valence-electron chi connectivity index (χ0n) is 10.4. The van der Waals surface area contributed by atoms with Gasteiger partial charge >= 0.3 is 0 Å². The first-order valence-electron chi connectivity index (χ1n) is 6.01. The Labute approximate surface area is 97.5 Å². The molecule has 1 aliphatic rings. The maximum Gasteiger partial charge on any atom is 0.162 e. The molecule has 92 valence electrons. The number of ether oxygens (including phenoxy) is 1. The number of aliphatic hydroxyl groups excluding tert-OH is 1. The quantitative estimate of drug-likeness (QED) is 0.782. The molecule has 1 rings (SSSR count). The van der Waals surface area contributed by atoms with Crippen molar-refractivity contribution in [3.8, 4) is 0 Å². The minimum Gasteiger partial charge on any atom is -0.501 e. The molecule has 3 nitrogen and oxygen atoms in total. The van der Waals surface area contributed by atoms with Gasteiger partial charge in [0.05, 0.1) is 19.0 Å². The molecule has 0 saturated carbocycles. The Hall–Kier alpha value is -0.830. The van der Waals surface area contributed by atoms with E-state index in [2.05, 4.69) is 0 Å². The van der Waals surface area contributed by atoms with E-state index in [1.807, 2.05) is 13.8 Å². The Bertz CT molecular complexity index is 268. The molecule has 16 heavy (non-hydrogen) atoms. The zero-order chi connectivity index (χ0) is 12.1. The molecule has 0 fully saturated rings. The van der Waals surface area contributed by atoms with Gasteiger partial charge in [0, 0.05) is 18.4 Å². The number of ketones is 1. The lowest BCUT2D eigenvalue weighted by molar-refractivity contribution is -0.119. The molecule has 2 atom stereocenters. The van der Waals surface area contributed by atoms with Crippen LogP contribution in [0, 0.1) is 11.8 Å². The van der Waals surface area contributed by atoms with Crippen LogP contribution in [-0.2, 0) is 9.53 Å². The summed E-state index contributed by atoms with van der Waals surface area (Å²) in [6, 6.07) is 0. The van der Waals surface area contributed by atoms with Crippen LogP contribution in [0.5, 0.6) is 0 Å². The Morgan fingerprint density at radius 3 is 2.75 bits per heavy atom. The van der Waals surface area contributed by atoms with E-state index >= 15 is 0 Å². The summed E-state index contributed by atoms with van der Waals surface area (Å²) in [5.41, 5.74) is 0. The average molecular weight is 226 g/mol. The third kappa shape index (κ3) is 3.63. The van der Waals surface area contributed by atoms with Crippen LogP contribution in [-0.4, -0.2) is 24.1 Å². The van der Waals surface area contributed by atoms with Crippen LogP contribution in [0.4, 0.5) is 0 Å². The second-order valence-electron chi connectivity index (χ2n) is 4.84. The second kappa shape index (κ2) is 6.04. The molecular formula is C13H22O3. The van der Waals surface area contributed by atoms with E-state index in [1.165, 1.54) is 0 Å². The van der Waals surface area contributed by atoms with Crippen molar-refractivity contribution >= 4 is 5.78 Å². The minimum absolute atomic E-state index is 0.0762. The minimum atomic E-state index is -0.291. The molecule has 1 N–H and O–H groups in total. The normalized spacial score (nSPS) is 23.2. The maximum atomic E-state index is 11.7. The fourth-order valence-electron chi connectivity index (χ4n) is 1.96. The highest BCUT2D eigenvalue weighted by atomic mass is 16.5. The molecule has 0 bridgehead atoms. The van der Waals surface area contributed by atoms with Crippen molar-refractivity contribution in [2.45, 2.75) is 45.6 Å². The summed E-state index contributed by atoms with van der Waals surface area (Å²) in [5.74, 6) is 1.28. The third-order valence-electron chi connectivity index (χ3n) is 3.29. The molecule has 0 radical (unpaired) electrons. The highest BCUT2D eigenvalue weighted by Gasteiger charge is 2.23. The van der Waals surface area contributed by atoms with Crippen LogP contribution in [0.2, 0.25) is 0 Å². The molecule has 2 unspecified atom stereocenters. The summed E-state index contributed by atoms with van der Waals surface area (Å²) in [7, 11) is 1.60. The van der Waals surface area contributed by atoms with Gasteiger partial charge in [-0.05, 0) is 25.2 Å². The van der Waals surface area contributed by atoms with Crippen molar-refractivity contribution in [3.63, 3.8) is 0 Å². The smallest absolute Gasteiger partial charge is 0.162 e. The molecule has 0 aromatic heterocycles. The number of rotatable bonds is 5. The Morgan fingerprint density at radius 1 is 1.56 bits per heavy atom. The van der Waals surface area contributed by atoms with Crippen molar-refractivity contribution in [3.05, 3.63) is 11.8 Å². The third-order valence-corrected chi connectivity index (χ3v) is 3.29. The molecule has 0 amide bonds. The van der Waals surface area contributed by atoms with E-state index in [9.17, 15) is 9.90 Å². The van der Waals surface area contributed by atoms with Crippen LogP contribution < -0.4 is 0 Å². The van der Waals surface area contributed by atoms with E-state index in [0.29, 0.717) is 6.42 Å². The van der Waals surface area contributed by atoms with Gasteiger partial charge in [-0.1, -0.05) is 13.8 Å². The predicted molar refractivity (Wildman–Crippen MR) is 62.9 cm³/mol. The summed E-state index contributed by atoms with van der Waals surface area (Å²) in [6.07, 6.45) is 4.50. The first-order chi connectivity index (χ1) is 7.54. The van der Waals surface area contributed by atoms with Crippen LogP contribution in [0.3, 0.4) is 0 Å². The molecular weight excluding hydrogens is 204 g/mol. The Morgan fingerprint density at radius 2 is 2.25 bits per heavy atom. The van der Waals surface area contributed by atoms with E-state index in [4.69, 9.17) is 4.74 Å². The van der Waals surface area contributed by atoms with Gasteiger partial charge < -0.3 is 9.84 Å². The summed E-state index contributed by atoms with van der Waals surface area (Å²) >= 11 is 0. The first-order valence-corrected chi connectivity index (χ1v) is 6.01. The lowest BCUT2D eigenvalue weighted by Gasteiger charge is -2.22. The van der Waals surface area contributed by atoms with E-state index < -0.39 is 0 Å². The van der Waals surface area contributed by atoms with Crippen LogP contribution >= 0.6 is 0 Å². The van der Waals surface area contributed by atoms with Crippen molar-refractivity contribution in [1.29, 1.82) is 0 Å². The van der Waals surface area contributed by atoms with Gasteiger partial charge in [-0.25, -0.2) is 0 Å². The Kier molecular flexibility index (Phi) is 5.00. The average Bonchev–Trinajstić information content (AvgIpc) is 2.26. The largest absolute Gasteiger partial charge is 0.501 e. The fourth-order valence-corrected chi connectivity index (χ4v) is 1.96. The monoisotopic (exact) mass is 226 g/mol. The van der Waals surface area contributed by atoms with Gasteiger partial charge in [0.1, 0.15) is 0 Å². The molecule has 0 heterocycles. The standard InChI is InChI=1S/C13H22O3/c1-9(2)12(14)7-5-10-4-6-11(16-3)8-13(10)15/h8-10,12,14H,4-7H2,1-3H3. The van der Waals surface area contributed by atoms with Crippen LogP contribution in [0.25, 0.3) is 0 Å². The summed E-state index contributed by atoms with van der Waals surface area (Å²) in [6.45, 7) is 3.99. The number of allylic oxidation sites excluding steroid dienone is 2. The van der Waals surface area contributed by atoms with Crippen molar-refractivity contribution in [2.75, 3.05) is 7.11 Å². The predicted octanol–water partition coefficient (Wildman–Crippen LogP) is 2.29.